The summed E-state index contributed by atoms with van der Waals surface area (Å²) >= 11 is 0. The lowest BCUT2D eigenvalue weighted by Gasteiger charge is -2.30. The molecular formula is C26H22N4O2. The molecule has 2 aromatic carbocycles. The van der Waals surface area contributed by atoms with Gasteiger partial charge in [-0.15, -0.1) is 0 Å². The molecule has 2 amide bonds. The number of pyridine rings is 2. The number of benzene rings is 2. The van der Waals surface area contributed by atoms with Gasteiger partial charge in [-0.05, 0) is 35.4 Å². The molecule has 2 atom stereocenters. The lowest BCUT2D eigenvalue weighted by Crippen LogP contribution is -2.41. The van der Waals surface area contributed by atoms with Gasteiger partial charge in [-0.3, -0.25) is 19.6 Å². The van der Waals surface area contributed by atoms with Gasteiger partial charge in [0.05, 0.1) is 12.1 Å². The van der Waals surface area contributed by atoms with Crippen molar-refractivity contribution in [1.29, 1.82) is 0 Å². The minimum atomic E-state index is -0.541. The van der Waals surface area contributed by atoms with E-state index in [1.165, 1.54) is 0 Å². The van der Waals surface area contributed by atoms with Gasteiger partial charge in [0.15, 0.2) is 0 Å². The summed E-state index contributed by atoms with van der Waals surface area (Å²) in [5.74, 6) is -0.653. The fraction of sp³-hybridized carbons (Fsp3) is 0.0769. The van der Waals surface area contributed by atoms with E-state index in [-0.39, 0.29) is 11.8 Å². The summed E-state index contributed by atoms with van der Waals surface area (Å²) in [7, 11) is 0. The van der Waals surface area contributed by atoms with E-state index in [2.05, 4.69) is 20.6 Å². The first kappa shape index (κ1) is 20.9. The quantitative estimate of drug-likeness (QED) is 0.469. The molecule has 0 fully saturated rings. The van der Waals surface area contributed by atoms with Crippen molar-refractivity contribution in [2.24, 2.45) is 0 Å². The summed E-state index contributed by atoms with van der Waals surface area (Å²) in [4.78, 5) is 34.4. The van der Waals surface area contributed by atoms with Crippen molar-refractivity contribution in [3.05, 3.63) is 132 Å². The maximum Gasteiger partial charge on any atom is 0.270 e. The van der Waals surface area contributed by atoms with Crippen molar-refractivity contribution in [2.45, 2.75) is 12.1 Å². The molecule has 0 aliphatic rings. The van der Waals surface area contributed by atoms with Gasteiger partial charge in [-0.2, -0.15) is 0 Å². The summed E-state index contributed by atoms with van der Waals surface area (Å²) in [5.41, 5.74) is 2.31. The molecule has 0 bridgehead atoms. The molecule has 0 saturated carbocycles. The Morgan fingerprint density at radius 3 is 1.25 bits per heavy atom. The number of aromatic nitrogens is 2. The van der Waals surface area contributed by atoms with Gasteiger partial charge < -0.3 is 10.6 Å². The van der Waals surface area contributed by atoms with E-state index in [1.54, 1.807) is 48.8 Å². The number of rotatable bonds is 7. The van der Waals surface area contributed by atoms with E-state index in [0.29, 0.717) is 11.4 Å². The van der Waals surface area contributed by atoms with Gasteiger partial charge in [0.1, 0.15) is 11.4 Å². The fourth-order valence-corrected chi connectivity index (χ4v) is 3.46. The fourth-order valence-electron chi connectivity index (χ4n) is 3.46. The number of hydrogen-bond acceptors (Lipinski definition) is 4. The number of carbonyl (C=O) groups excluding carboxylic acids is 2. The summed E-state index contributed by atoms with van der Waals surface area (Å²) in [6.45, 7) is 0. The molecule has 2 heterocycles. The highest BCUT2D eigenvalue weighted by Gasteiger charge is 2.29. The molecule has 2 aromatic heterocycles. The van der Waals surface area contributed by atoms with Crippen LogP contribution >= 0.6 is 0 Å². The highest BCUT2D eigenvalue weighted by atomic mass is 16.2. The molecule has 0 aliphatic carbocycles. The molecule has 0 radical (unpaired) electrons. The van der Waals surface area contributed by atoms with Gasteiger partial charge >= 0.3 is 0 Å². The normalized spacial score (nSPS) is 12.4. The summed E-state index contributed by atoms with van der Waals surface area (Å²) < 4.78 is 0. The van der Waals surface area contributed by atoms with E-state index < -0.39 is 12.1 Å². The van der Waals surface area contributed by atoms with Crippen LogP contribution in [0.5, 0.6) is 0 Å². The van der Waals surface area contributed by atoms with Crippen LogP contribution in [-0.2, 0) is 0 Å². The van der Waals surface area contributed by atoms with Gasteiger partial charge in [0, 0.05) is 12.4 Å². The topological polar surface area (TPSA) is 84.0 Å². The largest absolute Gasteiger partial charge is 0.341 e. The maximum atomic E-state index is 13.0. The molecule has 6 heteroatoms. The first-order valence-electron chi connectivity index (χ1n) is 10.3. The number of nitrogens with zero attached hydrogens (tertiary/aromatic N) is 2. The molecule has 2 N–H and O–H groups in total. The Labute approximate surface area is 186 Å². The highest BCUT2D eigenvalue weighted by molar-refractivity contribution is 5.93. The molecule has 158 valence electrons. The van der Waals surface area contributed by atoms with Crippen molar-refractivity contribution in [2.75, 3.05) is 0 Å². The second-order valence-electron chi connectivity index (χ2n) is 7.15. The predicted octanol–water partition coefficient (Wildman–Crippen LogP) is 4.12. The molecule has 4 rings (SSSR count). The number of amides is 2. The monoisotopic (exact) mass is 422 g/mol. The van der Waals surface area contributed by atoms with Gasteiger partial charge in [-0.25, -0.2) is 0 Å². The third-order valence-electron chi connectivity index (χ3n) is 5.02. The Hall–Kier alpha value is -4.32. The smallest absolute Gasteiger partial charge is 0.270 e. The van der Waals surface area contributed by atoms with E-state index in [9.17, 15) is 9.59 Å². The van der Waals surface area contributed by atoms with Gasteiger partial charge in [0.25, 0.3) is 11.8 Å². The van der Waals surface area contributed by atoms with Crippen molar-refractivity contribution in [1.82, 2.24) is 20.6 Å². The van der Waals surface area contributed by atoms with Crippen LogP contribution in [0.1, 0.15) is 44.2 Å². The third-order valence-corrected chi connectivity index (χ3v) is 5.02. The maximum absolute atomic E-state index is 13.0. The van der Waals surface area contributed by atoms with Crippen LogP contribution in [0.3, 0.4) is 0 Å². The van der Waals surface area contributed by atoms with Crippen LogP contribution in [0.15, 0.2) is 109 Å². The molecule has 0 unspecified atom stereocenters. The zero-order valence-corrected chi connectivity index (χ0v) is 17.3. The Morgan fingerprint density at radius 2 is 0.906 bits per heavy atom. The van der Waals surface area contributed by atoms with Crippen molar-refractivity contribution in [3.8, 4) is 0 Å². The number of hydrogen-bond donors (Lipinski definition) is 2. The summed E-state index contributed by atoms with van der Waals surface area (Å²) in [6, 6.07) is 28.4. The third kappa shape index (κ3) is 5.05. The van der Waals surface area contributed by atoms with Crippen LogP contribution in [-0.4, -0.2) is 21.8 Å². The standard InChI is InChI=1S/C26H22N4O2/c31-25(21-15-7-9-17-27-21)29-23(19-11-3-1-4-12-19)24(20-13-5-2-6-14-20)30-26(32)22-16-8-10-18-28-22/h1-18,23-24H,(H,29,31)(H,30,32)/t23-,24-/m1/s1. The first-order chi connectivity index (χ1) is 15.7. The van der Waals surface area contributed by atoms with Crippen molar-refractivity contribution < 1.29 is 9.59 Å². The first-order valence-corrected chi connectivity index (χ1v) is 10.3. The Balaban J connectivity index is 1.72. The zero-order chi connectivity index (χ0) is 22.2. The SMILES string of the molecule is O=C(N[C@H](c1ccccc1)[C@H](NC(=O)c1ccccn1)c1ccccc1)c1ccccn1. The van der Waals surface area contributed by atoms with E-state index >= 15 is 0 Å². The minimum Gasteiger partial charge on any atom is -0.341 e. The molecule has 0 aliphatic heterocycles. The van der Waals surface area contributed by atoms with E-state index in [0.717, 1.165) is 11.1 Å². The molecular weight excluding hydrogens is 400 g/mol. The van der Waals surface area contributed by atoms with Crippen LogP contribution in [0.4, 0.5) is 0 Å². The molecule has 0 spiro atoms. The number of nitrogens with one attached hydrogen (secondary N) is 2. The number of carbonyl (C=O) groups is 2. The second-order valence-corrected chi connectivity index (χ2v) is 7.15. The van der Waals surface area contributed by atoms with Gasteiger partial charge in [0.2, 0.25) is 0 Å². The lowest BCUT2D eigenvalue weighted by molar-refractivity contribution is 0.0876. The molecule has 0 saturated heterocycles. The van der Waals surface area contributed by atoms with Crippen LogP contribution in [0.25, 0.3) is 0 Å². The average Bonchev–Trinajstić information content (AvgIpc) is 2.88. The lowest BCUT2D eigenvalue weighted by atomic mass is 9.92. The van der Waals surface area contributed by atoms with E-state index in [1.807, 2.05) is 60.7 Å². The molecule has 6 nitrogen and oxygen atoms in total. The average molecular weight is 422 g/mol. The van der Waals surface area contributed by atoms with Crippen molar-refractivity contribution in [3.63, 3.8) is 0 Å². The minimum absolute atomic E-state index is 0.302. The second kappa shape index (κ2) is 10.1. The highest BCUT2D eigenvalue weighted by Crippen LogP contribution is 2.29. The van der Waals surface area contributed by atoms with Gasteiger partial charge in [-0.1, -0.05) is 72.8 Å². The summed E-state index contributed by atoms with van der Waals surface area (Å²) in [6.07, 6.45) is 3.15. The molecule has 32 heavy (non-hydrogen) atoms. The zero-order valence-electron chi connectivity index (χ0n) is 17.3. The van der Waals surface area contributed by atoms with Crippen LogP contribution in [0.2, 0.25) is 0 Å². The molecule has 4 aromatic rings. The van der Waals surface area contributed by atoms with Crippen LogP contribution < -0.4 is 10.6 Å². The van der Waals surface area contributed by atoms with Crippen molar-refractivity contribution >= 4 is 11.8 Å². The Bertz CT molecular complexity index is 1060. The Morgan fingerprint density at radius 1 is 0.531 bits per heavy atom. The van der Waals surface area contributed by atoms with E-state index in [4.69, 9.17) is 0 Å². The summed E-state index contributed by atoms with van der Waals surface area (Å²) in [5, 5.41) is 6.14. The van der Waals surface area contributed by atoms with Crippen LogP contribution in [0, 0.1) is 0 Å². The predicted molar refractivity (Wildman–Crippen MR) is 122 cm³/mol. The Kier molecular flexibility index (Phi) is 6.63.